The van der Waals surface area contributed by atoms with Crippen LogP contribution < -0.4 is 10.6 Å². The Labute approximate surface area is 192 Å². The van der Waals surface area contributed by atoms with Crippen molar-refractivity contribution in [1.29, 1.82) is 0 Å². The van der Waals surface area contributed by atoms with Crippen LogP contribution in [0.4, 0.5) is 11.4 Å². The van der Waals surface area contributed by atoms with Crippen LogP contribution >= 0.6 is 0 Å². The molecule has 0 aliphatic carbocycles. The zero-order valence-corrected chi connectivity index (χ0v) is 20.0. The fraction of sp³-hybridized carbons (Fsp3) is 0.385. The molecule has 0 spiro atoms. The van der Waals surface area contributed by atoms with Crippen LogP contribution in [0.1, 0.15) is 50.9 Å². The molecule has 6 nitrogen and oxygen atoms in total. The first-order valence-electron chi connectivity index (χ1n) is 11.1. The Morgan fingerprint density at radius 2 is 1.97 bits per heavy atom. The van der Waals surface area contributed by atoms with Crippen LogP contribution in [0.5, 0.6) is 0 Å². The first kappa shape index (κ1) is 25.1. The van der Waals surface area contributed by atoms with E-state index in [1.165, 1.54) is 6.92 Å². The molecular weight excluding hydrogens is 398 g/mol. The first-order valence-corrected chi connectivity index (χ1v) is 11.1. The molecule has 1 aromatic heterocycles. The third-order valence-corrected chi connectivity index (χ3v) is 5.49. The second kappa shape index (κ2) is 12.1. The summed E-state index contributed by atoms with van der Waals surface area (Å²) in [4.78, 5) is 22.3. The van der Waals surface area contributed by atoms with Crippen molar-refractivity contribution in [1.82, 2.24) is 14.9 Å². The molecule has 6 heteroatoms. The maximum atomic E-state index is 11.7. The molecule has 0 saturated heterocycles. The SMILES string of the molecule is C=C/C=C\c1nc(-c2cc(NCC(CC=C)N(C)C)cc(NC(C)=O)c2)[nH]c1C(C)CC. The Hall–Kier alpha value is -3.12. The molecule has 0 bridgehead atoms. The lowest BCUT2D eigenvalue weighted by Crippen LogP contribution is -2.34. The summed E-state index contributed by atoms with van der Waals surface area (Å²) in [5.41, 5.74) is 4.57. The number of likely N-dealkylation sites (N-methyl/N-ethyl adjacent to an activating group) is 1. The maximum Gasteiger partial charge on any atom is 0.221 e. The predicted molar refractivity (Wildman–Crippen MR) is 137 cm³/mol. The summed E-state index contributed by atoms with van der Waals surface area (Å²) in [6, 6.07) is 6.27. The van der Waals surface area contributed by atoms with Crippen molar-refractivity contribution in [2.75, 3.05) is 31.3 Å². The van der Waals surface area contributed by atoms with Crippen LogP contribution in [0.15, 0.2) is 49.6 Å². The largest absolute Gasteiger partial charge is 0.383 e. The topological polar surface area (TPSA) is 73.1 Å². The summed E-state index contributed by atoms with van der Waals surface area (Å²) in [6.45, 7) is 14.2. The van der Waals surface area contributed by atoms with E-state index < -0.39 is 0 Å². The van der Waals surface area contributed by atoms with Crippen LogP contribution in [-0.4, -0.2) is 47.5 Å². The van der Waals surface area contributed by atoms with Gasteiger partial charge >= 0.3 is 0 Å². The summed E-state index contributed by atoms with van der Waals surface area (Å²) in [6.07, 6.45) is 9.44. The third-order valence-electron chi connectivity index (χ3n) is 5.49. The zero-order valence-electron chi connectivity index (χ0n) is 20.0. The lowest BCUT2D eigenvalue weighted by atomic mass is 10.0. The van der Waals surface area contributed by atoms with E-state index in [4.69, 9.17) is 4.98 Å². The molecule has 0 radical (unpaired) electrons. The van der Waals surface area contributed by atoms with Gasteiger partial charge in [-0.2, -0.15) is 0 Å². The van der Waals surface area contributed by atoms with Crippen LogP contribution in [0.2, 0.25) is 0 Å². The number of H-pyrrole nitrogens is 1. The summed E-state index contributed by atoms with van der Waals surface area (Å²) in [7, 11) is 4.12. The number of hydrogen-bond donors (Lipinski definition) is 3. The van der Waals surface area contributed by atoms with Crippen molar-refractivity contribution >= 4 is 23.4 Å². The highest BCUT2D eigenvalue weighted by atomic mass is 16.1. The smallest absolute Gasteiger partial charge is 0.221 e. The van der Waals surface area contributed by atoms with Crippen molar-refractivity contribution in [3.8, 4) is 11.4 Å². The number of amides is 1. The van der Waals surface area contributed by atoms with E-state index in [2.05, 4.69) is 67.7 Å². The number of imidazole rings is 1. The van der Waals surface area contributed by atoms with Gasteiger partial charge in [-0.25, -0.2) is 4.98 Å². The van der Waals surface area contributed by atoms with Gasteiger partial charge in [0.05, 0.1) is 5.69 Å². The molecule has 2 rings (SSSR count). The standard InChI is InChI=1S/C26H37N5O/c1-8-11-13-24-25(18(4)10-3)30-26(29-24)20-14-21(16-22(15-20)28-19(5)32)27-17-23(12-9-2)31(6)7/h8-9,11,13-16,18,23,27H,1-2,10,12,17H2,3-7H3,(H,28,32)(H,29,30)/b13-11-. The number of aromatic nitrogens is 2. The molecule has 1 amide bonds. The highest BCUT2D eigenvalue weighted by Gasteiger charge is 2.16. The van der Waals surface area contributed by atoms with E-state index in [0.717, 1.165) is 53.5 Å². The van der Waals surface area contributed by atoms with E-state index in [9.17, 15) is 4.79 Å². The Morgan fingerprint density at radius 1 is 1.25 bits per heavy atom. The summed E-state index contributed by atoms with van der Waals surface area (Å²) in [5.74, 6) is 1.01. The molecule has 1 aromatic carbocycles. The number of carbonyl (C=O) groups excluding carboxylic acids is 1. The molecule has 32 heavy (non-hydrogen) atoms. The summed E-state index contributed by atoms with van der Waals surface area (Å²) >= 11 is 0. The molecule has 2 aromatic rings. The number of benzene rings is 1. The fourth-order valence-corrected chi connectivity index (χ4v) is 3.45. The van der Waals surface area contributed by atoms with Gasteiger partial charge in [0.2, 0.25) is 5.91 Å². The van der Waals surface area contributed by atoms with Gasteiger partial charge in [0.15, 0.2) is 0 Å². The highest BCUT2D eigenvalue weighted by Crippen LogP contribution is 2.30. The van der Waals surface area contributed by atoms with E-state index in [0.29, 0.717) is 12.0 Å². The monoisotopic (exact) mass is 435 g/mol. The van der Waals surface area contributed by atoms with Gasteiger partial charge in [-0.05, 0) is 57.1 Å². The molecule has 0 fully saturated rings. The first-order chi connectivity index (χ1) is 15.3. The maximum absolute atomic E-state index is 11.7. The Kier molecular flexibility index (Phi) is 9.47. The van der Waals surface area contributed by atoms with Gasteiger partial charge in [0.1, 0.15) is 5.82 Å². The van der Waals surface area contributed by atoms with E-state index >= 15 is 0 Å². The van der Waals surface area contributed by atoms with Crippen LogP contribution in [0, 0.1) is 0 Å². The Morgan fingerprint density at radius 3 is 2.56 bits per heavy atom. The van der Waals surface area contributed by atoms with Gasteiger partial charge in [0, 0.05) is 42.1 Å². The minimum Gasteiger partial charge on any atom is -0.383 e. The molecule has 0 aliphatic heterocycles. The van der Waals surface area contributed by atoms with Gasteiger partial charge in [-0.3, -0.25) is 4.79 Å². The van der Waals surface area contributed by atoms with Crippen LogP contribution in [0.25, 0.3) is 17.5 Å². The minimum absolute atomic E-state index is 0.111. The van der Waals surface area contributed by atoms with Crippen molar-refractivity contribution in [3.63, 3.8) is 0 Å². The number of nitrogens with zero attached hydrogens (tertiary/aromatic N) is 2. The highest BCUT2D eigenvalue weighted by molar-refractivity contribution is 5.90. The molecule has 3 N–H and O–H groups in total. The van der Waals surface area contributed by atoms with E-state index in [1.54, 1.807) is 6.08 Å². The van der Waals surface area contributed by atoms with Crippen LogP contribution in [0.3, 0.4) is 0 Å². The summed E-state index contributed by atoms with van der Waals surface area (Å²) < 4.78 is 0. The number of hydrogen-bond acceptors (Lipinski definition) is 4. The average molecular weight is 436 g/mol. The molecule has 0 aliphatic rings. The number of rotatable bonds is 12. The normalized spacial score (nSPS) is 13.2. The number of allylic oxidation sites excluding steroid dienone is 2. The Bertz CT molecular complexity index is 957. The van der Waals surface area contributed by atoms with Crippen molar-refractivity contribution in [2.24, 2.45) is 0 Å². The third kappa shape index (κ3) is 6.95. The van der Waals surface area contributed by atoms with Gasteiger partial charge in [-0.15, -0.1) is 6.58 Å². The molecule has 2 atom stereocenters. The van der Waals surface area contributed by atoms with E-state index in [1.807, 2.05) is 30.4 Å². The lowest BCUT2D eigenvalue weighted by molar-refractivity contribution is -0.114. The van der Waals surface area contributed by atoms with Crippen molar-refractivity contribution < 1.29 is 4.79 Å². The molecule has 1 heterocycles. The predicted octanol–water partition coefficient (Wildman–Crippen LogP) is 5.67. The number of anilines is 2. The summed E-state index contributed by atoms with van der Waals surface area (Å²) in [5, 5.41) is 6.42. The van der Waals surface area contributed by atoms with Gasteiger partial charge in [0.25, 0.3) is 0 Å². The molecule has 2 unspecified atom stereocenters. The van der Waals surface area contributed by atoms with E-state index in [-0.39, 0.29) is 5.91 Å². The fourth-order valence-electron chi connectivity index (χ4n) is 3.45. The number of nitrogens with one attached hydrogen (secondary N) is 3. The second-order valence-corrected chi connectivity index (χ2v) is 8.29. The number of carbonyl (C=O) groups is 1. The van der Waals surface area contributed by atoms with Crippen molar-refractivity contribution in [3.05, 3.63) is 61.0 Å². The minimum atomic E-state index is -0.111. The second-order valence-electron chi connectivity index (χ2n) is 8.29. The quantitative estimate of drug-likeness (QED) is 0.297. The molecule has 0 saturated carbocycles. The Balaban J connectivity index is 2.45. The average Bonchev–Trinajstić information content (AvgIpc) is 3.18. The molecule has 172 valence electrons. The molecular formula is C26H37N5O. The van der Waals surface area contributed by atoms with Crippen molar-refractivity contribution in [2.45, 2.75) is 45.6 Å². The van der Waals surface area contributed by atoms with Gasteiger partial charge in [-0.1, -0.05) is 38.7 Å². The van der Waals surface area contributed by atoms with Crippen LogP contribution in [-0.2, 0) is 4.79 Å². The lowest BCUT2D eigenvalue weighted by Gasteiger charge is -2.24. The van der Waals surface area contributed by atoms with Gasteiger partial charge < -0.3 is 20.5 Å². The zero-order chi connectivity index (χ0) is 23.7. The number of aromatic amines is 1.